The summed E-state index contributed by atoms with van der Waals surface area (Å²) in [5.74, 6) is 0.550. The van der Waals surface area contributed by atoms with Gasteiger partial charge in [0, 0.05) is 18.4 Å². The molecule has 0 aliphatic carbocycles. The number of nitrogens with one attached hydrogen (secondary N) is 2. The van der Waals surface area contributed by atoms with Crippen molar-refractivity contribution in [2.24, 2.45) is 0 Å². The van der Waals surface area contributed by atoms with Gasteiger partial charge in [-0.1, -0.05) is 30.3 Å². The zero-order valence-electron chi connectivity index (χ0n) is 11.0. The molecule has 0 saturated heterocycles. The van der Waals surface area contributed by atoms with Gasteiger partial charge in [0.2, 0.25) is 0 Å². The average molecular weight is 259 g/mol. The van der Waals surface area contributed by atoms with E-state index in [0.29, 0.717) is 6.54 Å². The van der Waals surface area contributed by atoms with E-state index in [1.807, 2.05) is 37.3 Å². The van der Waals surface area contributed by atoms with E-state index in [2.05, 4.69) is 15.3 Å². The molecule has 0 aliphatic heterocycles. The Labute approximate surface area is 112 Å². The topological polar surface area (TPSA) is 67.0 Å². The van der Waals surface area contributed by atoms with Crippen LogP contribution < -0.4 is 5.32 Å². The minimum Gasteiger partial charge on any atom is -0.468 e. The van der Waals surface area contributed by atoms with Crippen LogP contribution >= 0.6 is 0 Å². The number of aromatic amines is 1. The molecule has 0 fully saturated rings. The fraction of sp³-hybridized carbons (Fsp3) is 0.286. The molecule has 5 nitrogen and oxygen atoms in total. The maximum Gasteiger partial charge on any atom is 0.327 e. The Balaban J connectivity index is 2.09. The number of imidazole rings is 1. The van der Waals surface area contributed by atoms with Crippen LogP contribution in [0.25, 0.3) is 0 Å². The van der Waals surface area contributed by atoms with Gasteiger partial charge < -0.3 is 9.72 Å². The lowest BCUT2D eigenvalue weighted by Gasteiger charge is -2.16. The highest BCUT2D eigenvalue weighted by Gasteiger charge is 2.20. The van der Waals surface area contributed by atoms with Crippen molar-refractivity contribution in [3.63, 3.8) is 0 Å². The van der Waals surface area contributed by atoms with Gasteiger partial charge in [0.15, 0.2) is 0 Å². The third-order valence-corrected chi connectivity index (χ3v) is 2.82. The molecule has 0 bridgehead atoms. The summed E-state index contributed by atoms with van der Waals surface area (Å²) in [5.41, 5.74) is 1.81. The van der Waals surface area contributed by atoms with E-state index in [9.17, 15) is 4.79 Å². The molecular formula is C14H17N3O2. The summed E-state index contributed by atoms with van der Waals surface area (Å²) in [5, 5.41) is 3.17. The number of rotatable bonds is 5. The van der Waals surface area contributed by atoms with Gasteiger partial charge in [-0.15, -0.1) is 0 Å². The molecule has 100 valence electrons. The largest absolute Gasteiger partial charge is 0.468 e. The van der Waals surface area contributed by atoms with Crippen LogP contribution in [0, 0.1) is 6.92 Å². The zero-order chi connectivity index (χ0) is 13.7. The molecule has 0 amide bonds. The van der Waals surface area contributed by atoms with E-state index >= 15 is 0 Å². The molecule has 1 heterocycles. The van der Waals surface area contributed by atoms with E-state index in [0.717, 1.165) is 17.1 Å². The maximum absolute atomic E-state index is 11.8. The summed E-state index contributed by atoms with van der Waals surface area (Å²) in [6, 6.07) is 9.02. The summed E-state index contributed by atoms with van der Waals surface area (Å²) < 4.78 is 4.83. The highest BCUT2D eigenvalue weighted by molar-refractivity contribution is 5.77. The van der Waals surface area contributed by atoms with Gasteiger partial charge in [-0.05, 0) is 12.5 Å². The average Bonchev–Trinajstić information content (AvgIpc) is 2.85. The number of benzene rings is 1. The van der Waals surface area contributed by atoms with Crippen molar-refractivity contribution < 1.29 is 9.53 Å². The summed E-state index contributed by atoms with van der Waals surface area (Å²) in [6.45, 7) is 2.41. The fourth-order valence-electron chi connectivity index (χ4n) is 1.87. The van der Waals surface area contributed by atoms with Crippen LogP contribution in [0.5, 0.6) is 0 Å². The lowest BCUT2D eigenvalue weighted by atomic mass is 10.1. The van der Waals surface area contributed by atoms with Crippen molar-refractivity contribution in [1.29, 1.82) is 0 Å². The van der Waals surface area contributed by atoms with Crippen LogP contribution in [0.1, 0.15) is 23.1 Å². The molecule has 1 aromatic carbocycles. The van der Waals surface area contributed by atoms with Crippen LogP contribution in [-0.4, -0.2) is 23.0 Å². The Morgan fingerprint density at radius 3 is 2.74 bits per heavy atom. The molecule has 0 aliphatic rings. The molecule has 0 spiro atoms. The van der Waals surface area contributed by atoms with E-state index in [1.165, 1.54) is 7.11 Å². The van der Waals surface area contributed by atoms with Gasteiger partial charge >= 0.3 is 5.97 Å². The normalized spacial score (nSPS) is 12.1. The predicted octanol–water partition coefficient (Wildman–Crippen LogP) is 1.72. The third kappa shape index (κ3) is 3.42. The Kier molecular flexibility index (Phi) is 4.30. The maximum atomic E-state index is 11.8. The number of H-pyrrole nitrogens is 1. The Bertz CT molecular complexity index is 537. The Hall–Kier alpha value is -2.14. The molecule has 2 aromatic rings. The molecule has 0 radical (unpaired) electrons. The third-order valence-electron chi connectivity index (χ3n) is 2.82. The Morgan fingerprint density at radius 2 is 2.16 bits per heavy atom. The van der Waals surface area contributed by atoms with Gasteiger partial charge in [-0.25, -0.2) is 9.78 Å². The van der Waals surface area contributed by atoms with Crippen molar-refractivity contribution in [3.05, 3.63) is 53.6 Å². The number of methoxy groups -OCH3 is 1. The molecule has 1 unspecified atom stereocenters. The molecule has 5 heteroatoms. The number of hydrogen-bond donors (Lipinski definition) is 2. The van der Waals surface area contributed by atoms with Gasteiger partial charge in [-0.3, -0.25) is 5.32 Å². The first-order valence-electron chi connectivity index (χ1n) is 6.07. The molecular weight excluding hydrogens is 242 g/mol. The van der Waals surface area contributed by atoms with E-state index in [-0.39, 0.29) is 5.97 Å². The highest BCUT2D eigenvalue weighted by Crippen LogP contribution is 2.14. The van der Waals surface area contributed by atoms with Crippen LogP contribution in [0.2, 0.25) is 0 Å². The van der Waals surface area contributed by atoms with Crippen LogP contribution in [0.3, 0.4) is 0 Å². The quantitative estimate of drug-likeness (QED) is 0.802. The number of aromatic nitrogens is 2. The first kappa shape index (κ1) is 13.3. The monoisotopic (exact) mass is 259 g/mol. The standard InChI is InChI=1S/C14H17N3O2/c1-10-15-8-12(17-10)9-16-13(14(18)19-2)11-6-4-3-5-7-11/h3-8,13,16H,9H2,1-2H3,(H,15,17). The second kappa shape index (κ2) is 6.15. The molecule has 1 atom stereocenters. The predicted molar refractivity (Wildman–Crippen MR) is 71.4 cm³/mol. The van der Waals surface area contributed by atoms with Crippen molar-refractivity contribution in [2.75, 3.05) is 7.11 Å². The number of aryl methyl sites for hydroxylation is 1. The minimum atomic E-state index is -0.477. The summed E-state index contributed by atoms with van der Waals surface area (Å²) >= 11 is 0. The van der Waals surface area contributed by atoms with Crippen molar-refractivity contribution in [3.8, 4) is 0 Å². The van der Waals surface area contributed by atoms with Crippen molar-refractivity contribution in [1.82, 2.24) is 15.3 Å². The summed E-state index contributed by atoms with van der Waals surface area (Å²) in [4.78, 5) is 19.1. The van der Waals surface area contributed by atoms with E-state index in [1.54, 1.807) is 6.20 Å². The van der Waals surface area contributed by atoms with E-state index in [4.69, 9.17) is 4.74 Å². The van der Waals surface area contributed by atoms with Crippen LogP contribution in [0.15, 0.2) is 36.5 Å². The van der Waals surface area contributed by atoms with Crippen LogP contribution in [-0.2, 0) is 16.1 Å². The number of esters is 1. The molecule has 2 rings (SSSR count). The zero-order valence-corrected chi connectivity index (χ0v) is 11.0. The number of carbonyl (C=O) groups excluding carboxylic acids is 1. The molecule has 0 saturated carbocycles. The van der Waals surface area contributed by atoms with Gasteiger partial charge in [0.05, 0.1) is 7.11 Å². The van der Waals surface area contributed by atoms with Gasteiger partial charge in [0.25, 0.3) is 0 Å². The number of carbonyl (C=O) groups is 1. The second-order valence-corrected chi connectivity index (χ2v) is 4.24. The number of nitrogens with zero attached hydrogens (tertiary/aromatic N) is 1. The smallest absolute Gasteiger partial charge is 0.327 e. The first-order chi connectivity index (χ1) is 9.20. The van der Waals surface area contributed by atoms with Gasteiger partial charge in [0.1, 0.15) is 11.9 Å². The van der Waals surface area contributed by atoms with Gasteiger partial charge in [-0.2, -0.15) is 0 Å². The second-order valence-electron chi connectivity index (χ2n) is 4.24. The van der Waals surface area contributed by atoms with Crippen molar-refractivity contribution >= 4 is 5.97 Å². The van der Waals surface area contributed by atoms with Crippen LogP contribution in [0.4, 0.5) is 0 Å². The molecule has 2 N–H and O–H groups in total. The summed E-state index contributed by atoms with van der Waals surface area (Å²) in [7, 11) is 1.39. The number of hydrogen-bond acceptors (Lipinski definition) is 4. The lowest BCUT2D eigenvalue weighted by Crippen LogP contribution is -2.29. The summed E-state index contributed by atoms with van der Waals surface area (Å²) in [6.07, 6.45) is 1.75. The SMILES string of the molecule is COC(=O)C(NCc1cnc(C)[nH]1)c1ccccc1. The lowest BCUT2D eigenvalue weighted by molar-refractivity contribution is -0.143. The fourth-order valence-corrected chi connectivity index (χ4v) is 1.87. The molecule has 19 heavy (non-hydrogen) atoms. The van der Waals surface area contributed by atoms with Crippen molar-refractivity contribution in [2.45, 2.75) is 19.5 Å². The minimum absolute atomic E-state index is 0.303. The Morgan fingerprint density at radius 1 is 1.42 bits per heavy atom. The van der Waals surface area contributed by atoms with E-state index < -0.39 is 6.04 Å². The number of ether oxygens (including phenoxy) is 1. The highest BCUT2D eigenvalue weighted by atomic mass is 16.5. The first-order valence-corrected chi connectivity index (χ1v) is 6.07. The molecule has 1 aromatic heterocycles.